The van der Waals surface area contributed by atoms with E-state index >= 15 is 0 Å². The van der Waals surface area contributed by atoms with Gasteiger partial charge in [0, 0.05) is 10.7 Å². The number of nitrogen functional groups attached to an aromatic ring is 1. The highest BCUT2D eigenvalue weighted by Gasteiger charge is 2.14. The lowest BCUT2D eigenvalue weighted by Crippen LogP contribution is -2.09. The topological polar surface area (TPSA) is 102 Å². The van der Waals surface area contributed by atoms with Crippen LogP contribution in [0.5, 0.6) is 0 Å². The lowest BCUT2D eigenvalue weighted by Gasteiger charge is -2.15. The molecule has 2 aromatic carbocycles. The van der Waals surface area contributed by atoms with Gasteiger partial charge in [0.2, 0.25) is 0 Å². The molecule has 27 heavy (non-hydrogen) atoms. The molecular weight excluding hydrogens is 366 g/mol. The molecule has 1 heterocycles. The summed E-state index contributed by atoms with van der Waals surface area (Å²) in [5, 5.41) is 6.89. The number of aryl methyl sites for hydroxylation is 1. The number of benzene rings is 2. The smallest absolute Gasteiger partial charge is 0.339 e. The van der Waals surface area contributed by atoms with Crippen LogP contribution < -0.4 is 16.4 Å². The zero-order valence-corrected chi connectivity index (χ0v) is 15.5. The van der Waals surface area contributed by atoms with E-state index in [0.29, 0.717) is 33.6 Å². The van der Waals surface area contributed by atoms with Crippen LogP contribution in [0.3, 0.4) is 0 Å². The monoisotopic (exact) mass is 383 g/mol. The molecule has 0 unspecified atom stereocenters. The number of ether oxygens (including phenoxy) is 1. The van der Waals surface area contributed by atoms with Gasteiger partial charge in [0.15, 0.2) is 11.6 Å². The first kappa shape index (κ1) is 18.5. The lowest BCUT2D eigenvalue weighted by molar-refractivity contribution is 0.0602. The number of nitrogens with zero attached hydrogens (tertiary/aromatic N) is 2. The van der Waals surface area contributed by atoms with E-state index in [1.807, 2.05) is 19.1 Å². The van der Waals surface area contributed by atoms with Crippen molar-refractivity contribution in [1.29, 1.82) is 0 Å². The van der Waals surface area contributed by atoms with E-state index < -0.39 is 5.97 Å². The maximum absolute atomic E-state index is 11.9. The van der Waals surface area contributed by atoms with Crippen LogP contribution in [-0.4, -0.2) is 23.0 Å². The first-order chi connectivity index (χ1) is 13.0. The van der Waals surface area contributed by atoms with Gasteiger partial charge in [-0.2, -0.15) is 0 Å². The highest BCUT2D eigenvalue weighted by molar-refractivity contribution is 6.30. The molecule has 7 nitrogen and oxygen atoms in total. The second kappa shape index (κ2) is 7.92. The van der Waals surface area contributed by atoms with Crippen molar-refractivity contribution in [2.24, 2.45) is 0 Å². The van der Waals surface area contributed by atoms with Gasteiger partial charge < -0.3 is 21.1 Å². The molecule has 0 atom stereocenters. The van der Waals surface area contributed by atoms with E-state index in [-0.39, 0.29) is 0 Å². The molecule has 0 aliphatic heterocycles. The number of carbonyl (C=O) groups excluding carboxylic acids is 1. The summed E-state index contributed by atoms with van der Waals surface area (Å²) in [7, 11) is 1.33. The summed E-state index contributed by atoms with van der Waals surface area (Å²) in [6.45, 7) is 1.93. The molecule has 0 spiro atoms. The molecule has 4 N–H and O–H groups in total. The number of methoxy groups -OCH3 is 1. The zero-order chi connectivity index (χ0) is 19.4. The van der Waals surface area contributed by atoms with Gasteiger partial charge in [-0.05, 0) is 42.8 Å². The Morgan fingerprint density at radius 1 is 1.07 bits per heavy atom. The average molecular weight is 384 g/mol. The normalized spacial score (nSPS) is 10.3. The summed E-state index contributed by atoms with van der Waals surface area (Å²) < 4.78 is 4.80. The predicted molar refractivity (Wildman–Crippen MR) is 107 cm³/mol. The van der Waals surface area contributed by atoms with Crippen LogP contribution in [0, 0.1) is 6.92 Å². The Labute approximate surface area is 161 Å². The number of nitrogens with one attached hydrogen (secondary N) is 2. The molecule has 0 bridgehead atoms. The van der Waals surface area contributed by atoms with E-state index in [0.717, 1.165) is 11.3 Å². The van der Waals surface area contributed by atoms with Crippen molar-refractivity contribution < 1.29 is 9.53 Å². The van der Waals surface area contributed by atoms with E-state index in [9.17, 15) is 4.79 Å². The van der Waals surface area contributed by atoms with Gasteiger partial charge in [-0.1, -0.05) is 23.7 Å². The minimum absolute atomic E-state index is 0.312. The number of hydrogen-bond acceptors (Lipinski definition) is 7. The lowest BCUT2D eigenvalue weighted by atomic mass is 10.1. The molecule has 0 radical (unpaired) electrons. The van der Waals surface area contributed by atoms with Gasteiger partial charge >= 0.3 is 5.97 Å². The number of halogens is 1. The van der Waals surface area contributed by atoms with E-state index in [4.69, 9.17) is 22.1 Å². The molecule has 0 aliphatic carbocycles. The number of aromatic nitrogens is 2. The van der Waals surface area contributed by atoms with Gasteiger partial charge in [0.25, 0.3) is 0 Å². The van der Waals surface area contributed by atoms with Crippen molar-refractivity contribution >= 4 is 46.3 Å². The van der Waals surface area contributed by atoms with Crippen molar-refractivity contribution in [1.82, 2.24) is 9.97 Å². The number of anilines is 5. The third-order valence-electron chi connectivity index (χ3n) is 3.91. The van der Waals surface area contributed by atoms with Crippen molar-refractivity contribution in [2.75, 3.05) is 23.5 Å². The number of carbonyl (C=O) groups is 1. The van der Waals surface area contributed by atoms with E-state index in [1.54, 1.807) is 30.3 Å². The van der Waals surface area contributed by atoms with Gasteiger partial charge in [-0.25, -0.2) is 14.8 Å². The molecule has 138 valence electrons. The molecule has 0 fully saturated rings. The second-order valence-corrected chi connectivity index (χ2v) is 6.17. The fourth-order valence-electron chi connectivity index (χ4n) is 2.50. The summed E-state index contributed by atoms with van der Waals surface area (Å²) in [6.07, 6.45) is 1.38. The molecular formula is C19H18ClN5O2. The summed E-state index contributed by atoms with van der Waals surface area (Å²) >= 11 is 5.99. The zero-order valence-electron chi connectivity index (χ0n) is 14.8. The van der Waals surface area contributed by atoms with Crippen LogP contribution in [0.25, 0.3) is 0 Å². The third kappa shape index (κ3) is 4.09. The van der Waals surface area contributed by atoms with Crippen LogP contribution in [0.1, 0.15) is 15.9 Å². The van der Waals surface area contributed by atoms with Gasteiger partial charge in [-0.15, -0.1) is 0 Å². The molecule has 3 rings (SSSR count). The summed E-state index contributed by atoms with van der Waals surface area (Å²) in [4.78, 5) is 20.3. The van der Waals surface area contributed by atoms with Crippen molar-refractivity contribution in [2.45, 2.75) is 6.92 Å². The Morgan fingerprint density at radius 3 is 2.41 bits per heavy atom. The summed E-state index contributed by atoms with van der Waals surface area (Å²) in [6, 6.07) is 12.4. The maximum atomic E-state index is 11.9. The first-order valence-electron chi connectivity index (χ1n) is 8.07. The number of rotatable bonds is 5. The quantitative estimate of drug-likeness (QED) is 0.564. The Balaban J connectivity index is 1.91. The molecule has 0 saturated heterocycles. The average Bonchev–Trinajstić information content (AvgIpc) is 2.66. The predicted octanol–water partition coefficient (Wildman–Crippen LogP) is 4.29. The minimum atomic E-state index is -0.458. The van der Waals surface area contributed by atoms with Crippen molar-refractivity contribution in [3.05, 3.63) is 64.9 Å². The fraction of sp³-hybridized carbons (Fsp3) is 0.105. The SMILES string of the molecule is COC(=O)c1ccccc1Nc1ncnc(Nc2ccc(Cl)cc2C)c1N. The third-order valence-corrected chi connectivity index (χ3v) is 4.15. The summed E-state index contributed by atoms with van der Waals surface area (Å²) in [5.41, 5.74) is 9.22. The number of hydrogen-bond donors (Lipinski definition) is 3. The van der Waals surface area contributed by atoms with Crippen molar-refractivity contribution in [3.63, 3.8) is 0 Å². The van der Waals surface area contributed by atoms with Crippen molar-refractivity contribution in [3.8, 4) is 0 Å². The fourth-order valence-corrected chi connectivity index (χ4v) is 2.72. The standard InChI is InChI=1S/C19H18ClN5O2/c1-11-9-12(20)7-8-14(11)24-17-16(21)18(23-10-22-17)25-15-6-4-3-5-13(15)19(26)27-2/h3-10H,21H2,1-2H3,(H2,22,23,24,25). The Hall–Kier alpha value is -3.32. The minimum Gasteiger partial charge on any atom is -0.465 e. The molecule has 0 amide bonds. The maximum Gasteiger partial charge on any atom is 0.339 e. The Morgan fingerprint density at radius 2 is 1.74 bits per heavy atom. The van der Waals surface area contributed by atoms with Gasteiger partial charge in [0.05, 0.1) is 18.4 Å². The number of nitrogens with two attached hydrogens (primary N) is 1. The van der Waals surface area contributed by atoms with Crippen LogP contribution in [0.15, 0.2) is 48.8 Å². The highest BCUT2D eigenvalue weighted by atomic mass is 35.5. The number of esters is 1. The van der Waals surface area contributed by atoms with Crippen LogP contribution in [0.2, 0.25) is 5.02 Å². The first-order valence-corrected chi connectivity index (χ1v) is 8.45. The number of para-hydroxylation sites is 1. The molecule has 8 heteroatoms. The molecule has 1 aromatic heterocycles. The van der Waals surface area contributed by atoms with Crippen LogP contribution in [-0.2, 0) is 4.74 Å². The Kier molecular flexibility index (Phi) is 5.42. The van der Waals surface area contributed by atoms with E-state index in [2.05, 4.69) is 20.6 Å². The summed E-state index contributed by atoms with van der Waals surface area (Å²) in [5.74, 6) is 0.352. The van der Waals surface area contributed by atoms with E-state index in [1.165, 1.54) is 13.4 Å². The van der Waals surface area contributed by atoms with Crippen LogP contribution in [0.4, 0.5) is 28.7 Å². The molecule has 0 saturated carbocycles. The molecule has 3 aromatic rings. The molecule has 0 aliphatic rings. The largest absolute Gasteiger partial charge is 0.465 e. The van der Waals surface area contributed by atoms with Crippen LogP contribution >= 0.6 is 11.6 Å². The van der Waals surface area contributed by atoms with Gasteiger partial charge in [-0.3, -0.25) is 0 Å². The highest BCUT2D eigenvalue weighted by Crippen LogP contribution is 2.31. The van der Waals surface area contributed by atoms with Gasteiger partial charge in [0.1, 0.15) is 12.0 Å². The second-order valence-electron chi connectivity index (χ2n) is 5.73. The Bertz CT molecular complexity index is 994.